The Morgan fingerprint density at radius 2 is 2.30 bits per heavy atom. The summed E-state index contributed by atoms with van der Waals surface area (Å²) < 4.78 is 33.6. The van der Waals surface area contributed by atoms with Crippen LogP contribution in [-0.2, 0) is 28.4 Å². The first-order valence-corrected chi connectivity index (χ1v) is 8.28. The van der Waals surface area contributed by atoms with Crippen molar-refractivity contribution in [1.82, 2.24) is 8.87 Å². The molecule has 6 nitrogen and oxygen atoms in total. The Hall–Kier alpha value is -0.890. The molecular formula is C13H23N3O3S. The molecule has 20 heavy (non-hydrogen) atoms. The number of aromatic nitrogens is 1. The Labute approximate surface area is 120 Å². The molecule has 7 heteroatoms. The highest BCUT2D eigenvalue weighted by atomic mass is 32.2. The van der Waals surface area contributed by atoms with Crippen molar-refractivity contribution < 1.29 is 13.2 Å². The van der Waals surface area contributed by atoms with Crippen molar-refractivity contribution in [2.45, 2.75) is 24.3 Å². The Balaban J connectivity index is 2.11. The molecule has 0 amide bonds. The molecule has 1 unspecified atom stereocenters. The molecule has 1 atom stereocenters. The summed E-state index contributed by atoms with van der Waals surface area (Å²) in [6.07, 6.45) is 3.63. The van der Waals surface area contributed by atoms with Crippen molar-refractivity contribution in [3.05, 3.63) is 18.0 Å². The molecule has 1 saturated heterocycles. The van der Waals surface area contributed by atoms with Crippen molar-refractivity contribution >= 4 is 10.0 Å². The molecule has 0 aliphatic carbocycles. The minimum absolute atomic E-state index is 0.279. The number of sulfonamides is 1. The fourth-order valence-electron chi connectivity index (χ4n) is 2.51. The van der Waals surface area contributed by atoms with E-state index in [1.807, 2.05) is 0 Å². The second kappa shape index (κ2) is 6.26. The molecule has 2 rings (SSSR count). The largest absolute Gasteiger partial charge is 0.381 e. The van der Waals surface area contributed by atoms with Crippen LogP contribution in [0, 0.1) is 5.92 Å². The first kappa shape index (κ1) is 15.5. The van der Waals surface area contributed by atoms with Gasteiger partial charge in [-0.2, -0.15) is 0 Å². The molecule has 0 spiro atoms. The summed E-state index contributed by atoms with van der Waals surface area (Å²) in [7, 11) is -0.0229. The molecule has 2 heterocycles. The number of aryl methyl sites for hydroxylation is 1. The van der Waals surface area contributed by atoms with Crippen LogP contribution in [0.2, 0.25) is 0 Å². The number of nitrogens with two attached hydrogens (primary N) is 1. The zero-order chi connectivity index (χ0) is 14.8. The fourth-order valence-corrected chi connectivity index (χ4v) is 3.86. The lowest BCUT2D eigenvalue weighted by atomic mass is 10.0. The summed E-state index contributed by atoms with van der Waals surface area (Å²) in [5.41, 5.74) is 6.39. The number of hydrogen-bond donors (Lipinski definition) is 1. The Morgan fingerprint density at radius 1 is 1.55 bits per heavy atom. The van der Waals surface area contributed by atoms with Gasteiger partial charge < -0.3 is 15.0 Å². The van der Waals surface area contributed by atoms with Gasteiger partial charge in [0, 0.05) is 45.7 Å². The highest BCUT2D eigenvalue weighted by molar-refractivity contribution is 7.89. The lowest BCUT2D eigenvalue weighted by Gasteiger charge is -2.26. The third kappa shape index (κ3) is 3.22. The van der Waals surface area contributed by atoms with Gasteiger partial charge in [-0.25, -0.2) is 12.7 Å². The van der Waals surface area contributed by atoms with Gasteiger partial charge in [0.1, 0.15) is 4.90 Å². The standard InChI is InChI=1S/C13H23N3O3S/c1-15-9-13(6-12(15)7-14)20(17,18)16(2)8-11-4-3-5-19-10-11/h6,9,11H,3-5,7-8,10,14H2,1-2H3. The molecule has 114 valence electrons. The quantitative estimate of drug-likeness (QED) is 0.860. The highest BCUT2D eigenvalue weighted by Crippen LogP contribution is 2.21. The monoisotopic (exact) mass is 301 g/mol. The first-order valence-electron chi connectivity index (χ1n) is 6.84. The predicted octanol–water partition coefficient (Wildman–Crippen LogP) is 0.531. The van der Waals surface area contributed by atoms with Crippen LogP contribution in [-0.4, -0.2) is 44.1 Å². The van der Waals surface area contributed by atoms with E-state index >= 15 is 0 Å². The van der Waals surface area contributed by atoms with E-state index < -0.39 is 10.0 Å². The SMILES string of the molecule is CN(CC1CCCOC1)S(=O)(=O)c1cc(CN)n(C)c1. The molecule has 1 aliphatic heterocycles. The molecule has 2 N–H and O–H groups in total. The van der Waals surface area contributed by atoms with Gasteiger partial charge in [0.25, 0.3) is 0 Å². The summed E-state index contributed by atoms with van der Waals surface area (Å²) in [5, 5.41) is 0. The van der Waals surface area contributed by atoms with E-state index in [1.54, 1.807) is 30.9 Å². The third-order valence-corrected chi connectivity index (χ3v) is 5.56. The van der Waals surface area contributed by atoms with E-state index in [1.165, 1.54) is 4.31 Å². The van der Waals surface area contributed by atoms with Crippen LogP contribution in [0.4, 0.5) is 0 Å². The lowest BCUT2D eigenvalue weighted by Crippen LogP contribution is -2.35. The summed E-state index contributed by atoms with van der Waals surface area (Å²) in [4.78, 5) is 0.305. The minimum atomic E-state index is -3.45. The van der Waals surface area contributed by atoms with Crippen LogP contribution in [0.1, 0.15) is 18.5 Å². The molecule has 0 aromatic carbocycles. The molecular weight excluding hydrogens is 278 g/mol. The van der Waals surface area contributed by atoms with Gasteiger partial charge in [0.2, 0.25) is 10.0 Å². The van der Waals surface area contributed by atoms with Crippen molar-refractivity contribution in [2.24, 2.45) is 18.7 Å². The summed E-state index contributed by atoms with van der Waals surface area (Å²) in [5.74, 6) is 0.279. The molecule has 0 radical (unpaired) electrons. The predicted molar refractivity (Wildman–Crippen MR) is 76.7 cm³/mol. The van der Waals surface area contributed by atoms with Crippen molar-refractivity contribution in [1.29, 1.82) is 0 Å². The third-order valence-electron chi connectivity index (χ3n) is 3.77. The normalized spacial score (nSPS) is 20.5. The minimum Gasteiger partial charge on any atom is -0.381 e. The Kier molecular flexibility index (Phi) is 4.85. The molecule has 1 fully saturated rings. The smallest absolute Gasteiger partial charge is 0.244 e. The number of nitrogens with zero attached hydrogens (tertiary/aromatic N) is 2. The van der Waals surface area contributed by atoms with E-state index in [0.29, 0.717) is 24.6 Å². The van der Waals surface area contributed by atoms with Crippen LogP contribution in [0.25, 0.3) is 0 Å². The van der Waals surface area contributed by atoms with E-state index in [9.17, 15) is 8.42 Å². The molecule has 1 aromatic heterocycles. The van der Waals surface area contributed by atoms with Gasteiger partial charge in [0.05, 0.1) is 6.61 Å². The van der Waals surface area contributed by atoms with Crippen molar-refractivity contribution in [3.8, 4) is 0 Å². The molecule has 0 saturated carbocycles. The fraction of sp³-hybridized carbons (Fsp3) is 0.692. The second-order valence-corrected chi connectivity index (χ2v) is 7.40. The van der Waals surface area contributed by atoms with Gasteiger partial charge >= 0.3 is 0 Å². The topological polar surface area (TPSA) is 77.6 Å². The van der Waals surface area contributed by atoms with Gasteiger partial charge in [-0.15, -0.1) is 0 Å². The van der Waals surface area contributed by atoms with Crippen LogP contribution in [0.3, 0.4) is 0 Å². The van der Waals surface area contributed by atoms with Gasteiger partial charge in [0.15, 0.2) is 0 Å². The van der Waals surface area contributed by atoms with Crippen molar-refractivity contribution in [2.75, 3.05) is 26.8 Å². The Bertz CT molecular complexity index is 547. The highest BCUT2D eigenvalue weighted by Gasteiger charge is 2.26. The summed E-state index contributed by atoms with van der Waals surface area (Å²) >= 11 is 0. The van der Waals surface area contributed by atoms with Crippen LogP contribution in [0.5, 0.6) is 0 Å². The molecule has 1 aromatic rings. The van der Waals surface area contributed by atoms with Crippen LogP contribution in [0.15, 0.2) is 17.2 Å². The van der Waals surface area contributed by atoms with E-state index in [4.69, 9.17) is 10.5 Å². The van der Waals surface area contributed by atoms with Gasteiger partial charge in [-0.3, -0.25) is 0 Å². The maximum atomic E-state index is 12.5. The zero-order valence-electron chi connectivity index (χ0n) is 12.1. The van der Waals surface area contributed by atoms with E-state index in [2.05, 4.69) is 0 Å². The average Bonchev–Trinajstić information content (AvgIpc) is 2.81. The Morgan fingerprint density at radius 3 is 2.85 bits per heavy atom. The van der Waals surface area contributed by atoms with E-state index in [0.717, 1.165) is 25.1 Å². The molecule has 0 bridgehead atoms. The zero-order valence-corrected chi connectivity index (χ0v) is 12.9. The van der Waals surface area contributed by atoms with E-state index in [-0.39, 0.29) is 5.92 Å². The lowest BCUT2D eigenvalue weighted by molar-refractivity contribution is 0.0495. The maximum absolute atomic E-state index is 12.5. The van der Waals surface area contributed by atoms with Gasteiger partial charge in [-0.1, -0.05) is 0 Å². The van der Waals surface area contributed by atoms with Crippen LogP contribution >= 0.6 is 0 Å². The average molecular weight is 301 g/mol. The van der Waals surface area contributed by atoms with Crippen molar-refractivity contribution in [3.63, 3.8) is 0 Å². The van der Waals surface area contributed by atoms with Gasteiger partial charge in [-0.05, 0) is 24.8 Å². The first-order chi connectivity index (χ1) is 9.45. The summed E-state index contributed by atoms with van der Waals surface area (Å²) in [6.45, 7) is 2.25. The second-order valence-electron chi connectivity index (χ2n) is 5.35. The summed E-state index contributed by atoms with van der Waals surface area (Å²) in [6, 6.07) is 1.64. The number of rotatable bonds is 5. The maximum Gasteiger partial charge on any atom is 0.244 e. The molecule has 1 aliphatic rings. The van der Waals surface area contributed by atoms with Crippen LogP contribution < -0.4 is 5.73 Å². The number of hydrogen-bond acceptors (Lipinski definition) is 4. The number of ether oxygens (including phenoxy) is 1.